The van der Waals surface area contributed by atoms with Crippen LogP contribution < -0.4 is 16.0 Å². The molecule has 1 aromatic heterocycles. The monoisotopic (exact) mass is 344 g/mol. The van der Waals surface area contributed by atoms with Crippen molar-refractivity contribution in [3.63, 3.8) is 0 Å². The lowest BCUT2D eigenvalue weighted by Crippen LogP contribution is -2.29. The molecule has 0 aliphatic rings. The van der Waals surface area contributed by atoms with E-state index >= 15 is 0 Å². The van der Waals surface area contributed by atoms with Crippen LogP contribution in [0.4, 0.5) is 4.39 Å². The minimum absolute atomic E-state index is 0.213. The number of aryl methyl sites for hydroxylation is 1. The number of rotatable bonds is 4. The normalized spacial score (nSPS) is 12.5. The number of ether oxygens (including phenoxy) is 1. The molecule has 102 valence electrons. The predicted molar refractivity (Wildman–Crippen MR) is 78.9 cm³/mol. The fourth-order valence-corrected chi connectivity index (χ4v) is 3.51. The van der Waals surface area contributed by atoms with Gasteiger partial charge in [-0.2, -0.15) is 0 Å². The van der Waals surface area contributed by atoms with Gasteiger partial charge in [-0.25, -0.2) is 9.82 Å². The molecule has 0 saturated heterocycles. The number of halogens is 2. The molecule has 3 nitrogen and oxygen atoms in total. The maximum absolute atomic E-state index is 14.3. The van der Waals surface area contributed by atoms with E-state index in [1.165, 1.54) is 18.4 Å². The first-order chi connectivity index (χ1) is 9.08. The fraction of sp³-hybridized carbons (Fsp3) is 0.231. The number of nitrogens with one attached hydrogen (secondary N) is 1. The zero-order chi connectivity index (χ0) is 14.0. The van der Waals surface area contributed by atoms with Crippen LogP contribution in [0.5, 0.6) is 5.75 Å². The zero-order valence-electron chi connectivity index (χ0n) is 10.5. The molecule has 3 N–H and O–H groups in total. The Hall–Kier alpha value is -0.950. The first-order valence-corrected chi connectivity index (χ1v) is 7.23. The molecule has 1 heterocycles. The van der Waals surface area contributed by atoms with E-state index in [9.17, 15) is 4.39 Å². The summed E-state index contributed by atoms with van der Waals surface area (Å²) in [4.78, 5) is 0.944. The lowest BCUT2D eigenvalue weighted by atomic mass is 10.0. The summed E-state index contributed by atoms with van der Waals surface area (Å²) >= 11 is 4.99. The Morgan fingerprint density at radius 2 is 2.21 bits per heavy atom. The molecule has 0 saturated carbocycles. The molecule has 1 aromatic carbocycles. The van der Waals surface area contributed by atoms with Crippen LogP contribution in [0.15, 0.2) is 28.1 Å². The third-order valence-electron chi connectivity index (χ3n) is 2.85. The van der Waals surface area contributed by atoms with Gasteiger partial charge in [0.2, 0.25) is 0 Å². The Labute approximate surface area is 123 Å². The molecule has 6 heteroatoms. The number of thiophene rings is 1. The summed E-state index contributed by atoms with van der Waals surface area (Å²) in [5.74, 6) is 5.41. The average Bonchev–Trinajstić information content (AvgIpc) is 2.72. The Balaban J connectivity index is 2.48. The Kier molecular flexibility index (Phi) is 4.57. The van der Waals surface area contributed by atoms with E-state index in [1.54, 1.807) is 18.2 Å². The van der Waals surface area contributed by atoms with Crippen molar-refractivity contribution in [3.05, 3.63) is 49.9 Å². The molecule has 19 heavy (non-hydrogen) atoms. The second-order valence-electron chi connectivity index (χ2n) is 4.07. The SMILES string of the molecule is COc1cccc(C(NN)c2cc(C)c(Br)s2)c1F. The highest BCUT2D eigenvalue weighted by atomic mass is 79.9. The van der Waals surface area contributed by atoms with Gasteiger partial charge in [0.1, 0.15) is 0 Å². The predicted octanol–water partition coefficient (Wildman–Crippen LogP) is 3.52. The van der Waals surface area contributed by atoms with Crippen LogP contribution in [-0.2, 0) is 0 Å². The van der Waals surface area contributed by atoms with Crippen LogP contribution >= 0.6 is 27.3 Å². The first kappa shape index (κ1) is 14.5. The number of benzene rings is 1. The summed E-state index contributed by atoms with van der Waals surface area (Å²) in [6, 6.07) is 6.62. The lowest BCUT2D eigenvalue weighted by molar-refractivity contribution is 0.382. The maximum atomic E-state index is 14.3. The van der Waals surface area contributed by atoms with Crippen LogP contribution in [0.25, 0.3) is 0 Å². The second kappa shape index (κ2) is 6.00. The Morgan fingerprint density at radius 1 is 1.47 bits per heavy atom. The van der Waals surface area contributed by atoms with E-state index in [2.05, 4.69) is 21.4 Å². The van der Waals surface area contributed by atoms with E-state index in [-0.39, 0.29) is 5.75 Å². The summed E-state index contributed by atoms with van der Waals surface area (Å²) in [7, 11) is 1.44. The molecule has 2 rings (SSSR count). The van der Waals surface area contributed by atoms with Gasteiger partial charge in [0.05, 0.1) is 16.9 Å². The number of hydrogen-bond donors (Lipinski definition) is 2. The van der Waals surface area contributed by atoms with E-state index in [4.69, 9.17) is 10.6 Å². The van der Waals surface area contributed by atoms with Gasteiger partial charge in [-0.1, -0.05) is 12.1 Å². The van der Waals surface area contributed by atoms with Gasteiger partial charge in [-0.15, -0.1) is 11.3 Å². The summed E-state index contributed by atoms with van der Waals surface area (Å²) in [5.41, 5.74) is 4.23. The molecule has 0 fully saturated rings. The van der Waals surface area contributed by atoms with E-state index in [0.29, 0.717) is 5.56 Å². The highest BCUT2D eigenvalue weighted by Gasteiger charge is 2.21. The molecule has 0 spiro atoms. The van der Waals surface area contributed by atoms with Gasteiger partial charge in [0, 0.05) is 10.4 Å². The number of hydrazine groups is 1. The topological polar surface area (TPSA) is 47.3 Å². The van der Waals surface area contributed by atoms with Crippen LogP contribution in [0.3, 0.4) is 0 Å². The molecule has 0 aliphatic carbocycles. The summed E-state index contributed by atoms with van der Waals surface area (Å²) < 4.78 is 20.3. The summed E-state index contributed by atoms with van der Waals surface area (Å²) in [6.07, 6.45) is 0. The molecular weight excluding hydrogens is 331 g/mol. The highest BCUT2D eigenvalue weighted by Crippen LogP contribution is 2.36. The standard InChI is InChI=1S/C13H14BrFN2OS/c1-7-6-10(19-13(7)14)12(17-16)8-4-3-5-9(18-2)11(8)15/h3-6,12,17H,16H2,1-2H3. The number of hydrogen-bond acceptors (Lipinski definition) is 4. The van der Waals surface area contributed by atoms with Gasteiger partial charge < -0.3 is 4.74 Å². The van der Waals surface area contributed by atoms with Crippen molar-refractivity contribution in [1.82, 2.24) is 5.43 Å². The average molecular weight is 345 g/mol. The van der Waals surface area contributed by atoms with Gasteiger partial charge in [-0.05, 0) is 40.5 Å². The van der Waals surface area contributed by atoms with E-state index < -0.39 is 11.9 Å². The zero-order valence-corrected chi connectivity index (χ0v) is 12.9. The van der Waals surface area contributed by atoms with E-state index in [1.807, 2.05) is 13.0 Å². The van der Waals surface area contributed by atoms with Crippen LogP contribution in [-0.4, -0.2) is 7.11 Å². The van der Waals surface area contributed by atoms with Crippen molar-refractivity contribution < 1.29 is 9.13 Å². The van der Waals surface area contributed by atoms with Crippen LogP contribution in [0.1, 0.15) is 22.0 Å². The Morgan fingerprint density at radius 3 is 2.74 bits per heavy atom. The molecule has 0 amide bonds. The smallest absolute Gasteiger partial charge is 0.170 e. The summed E-state index contributed by atoms with van der Waals surface area (Å²) in [6.45, 7) is 1.99. The number of methoxy groups -OCH3 is 1. The van der Waals surface area contributed by atoms with Crippen molar-refractivity contribution in [2.45, 2.75) is 13.0 Å². The van der Waals surface area contributed by atoms with Crippen LogP contribution in [0.2, 0.25) is 0 Å². The van der Waals surface area contributed by atoms with Gasteiger partial charge >= 0.3 is 0 Å². The maximum Gasteiger partial charge on any atom is 0.170 e. The third-order valence-corrected chi connectivity index (χ3v) is 5.05. The second-order valence-corrected chi connectivity index (χ2v) is 6.47. The quantitative estimate of drug-likeness (QED) is 0.658. The molecule has 0 radical (unpaired) electrons. The van der Waals surface area contributed by atoms with Crippen LogP contribution in [0, 0.1) is 12.7 Å². The highest BCUT2D eigenvalue weighted by molar-refractivity contribution is 9.11. The Bertz CT molecular complexity index is 569. The minimum Gasteiger partial charge on any atom is -0.494 e. The van der Waals surface area contributed by atoms with Crippen molar-refractivity contribution in [2.75, 3.05) is 7.11 Å². The van der Waals surface area contributed by atoms with Crippen molar-refractivity contribution in [1.29, 1.82) is 0 Å². The van der Waals surface area contributed by atoms with E-state index in [0.717, 1.165) is 14.2 Å². The molecule has 1 unspecified atom stereocenters. The minimum atomic E-state index is -0.398. The van der Waals surface area contributed by atoms with Gasteiger partial charge in [0.25, 0.3) is 0 Å². The van der Waals surface area contributed by atoms with Crippen molar-refractivity contribution in [3.8, 4) is 5.75 Å². The molecule has 0 bridgehead atoms. The fourth-order valence-electron chi connectivity index (χ4n) is 1.86. The first-order valence-electron chi connectivity index (χ1n) is 5.62. The van der Waals surface area contributed by atoms with Gasteiger partial charge in [0.15, 0.2) is 11.6 Å². The molecule has 0 aliphatic heterocycles. The number of nitrogens with two attached hydrogens (primary N) is 1. The lowest BCUT2D eigenvalue weighted by Gasteiger charge is -2.16. The van der Waals surface area contributed by atoms with Crippen molar-refractivity contribution >= 4 is 27.3 Å². The largest absolute Gasteiger partial charge is 0.494 e. The third kappa shape index (κ3) is 2.81. The van der Waals surface area contributed by atoms with Crippen molar-refractivity contribution in [2.24, 2.45) is 5.84 Å². The van der Waals surface area contributed by atoms with Gasteiger partial charge in [-0.3, -0.25) is 5.84 Å². The molecule has 1 atom stereocenters. The molecule has 2 aromatic rings. The summed E-state index contributed by atoms with van der Waals surface area (Å²) in [5, 5.41) is 0. The molecular formula is C13H14BrFN2OS.